The molecule has 0 aliphatic rings. The molecule has 1 heterocycles. The Hall–Kier alpha value is -0.130. The van der Waals surface area contributed by atoms with Crippen molar-refractivity contribution in [2.75, 3.05) is 0 Å². The van der Waals surface area contributed by atoms with Gasteiger partial charge in [-0.05, 0) is 70.5 Å². The topological polar surface area (TPSA) is 12.9 Å². The van der Waals surface area contributed by atoms with Crippen molar-refractivity contribution in [2.45, 2.75) is 11.8 Å². The highest BCUT2D eigenvalue weighted by atomic mass is 127. The fraction of sp³-hybridized carbons (Fsp3) is 0.154. The molecule has 0 N–H and O–H groups in total. The second kappa shape index (κ2) is 6.16. The summed E-state index contributed by atoms with van der Waals surface area (Å²) in [5.74, 6) is 0. The summed E-state index contributed by atoms with van der Waals surface area (Å²) in [4.78, 5) is 4.01. The van der Waals surface area contributed by atoms with E-state index in [0.717, 1.165) is 10.9 Å². The number of aromatic nitrogens is 1. The van der Waals surface area contributed by atoms with Crippen LogP contribution in [0, 0.1) is 3.57 Å². The first-order valence-corrected chi connectivity index (χ1v) is 7.45. The molecule has 0 bridgehead atoms. The average molecular weight is 422 g/mol. The zero-order valence-electron chi connectivity index (χ0n) is 8.91. The van der Waals surface area contributed by atoms with Crippen LogP contribution in [-0.2, 0) is 6.42 Å². The summed E-state index contributed by atoms with van der Waals surface area (Å²) in [5, 5.41) is -0.0122. The first-order chi connectivity index (χ1) is 8.16. The molecular weight excluding hydrogens is 412 g/mol. The Bertz CT molecular complexity index is 504. The van der Waals surface area contributed by atoms with E-state index in [9.17, 15) is 0 Å². The maximum absolute atomic E-state index is 6.47. The number of rotatable bonds is 3. The van der Waals surface area contributed by atoms with Crippen molar-refractivity contribution < 1.29 is 0 Å². The van der Waals surface area contributed by atoms with Gasteiger partial charge in [0.05, 0.1) is 5.38 Å². The molecule has 2 aromatic rings. The van der Waals surface area contributed by atoms with Crippen molar-refractivity contribution in [3.8, 4) is 0 Å². The molecule has 0 fully saturated rings. The minimum Gasteiger partial charge on any atom is -0.265 e. The van der Waals surface area contributed by atoms with Crippen LogP contribution in [0.5, 0.6) is 0 Å². The van der Waals surface area contributed by atoms with Gasteiger partial charge in [-0.25, -0.2) is 0 Å². The van der Waals surface area contributed by atoms with Crippen LogP contribution in [0.3, 0.4) is 0 Å². The predicted octanol–water partition coefficient (Wildman–Crippen LogP) is 4.97. The molecule has 1 aromatic heterocycles. The summed E-state index contributed by atoms with van der Waals surface area (Å²) in [6.45, 7) is 0. The summed E-state index contributed by atoms with van der Waals surface area (Å²) < 4.78 is 2.26. The predicted molar refractivity (Wildman–Crippen MR) is 83.4 cm³/mol. The first-order valence-electron chi connectivity index (χ1n) is 5.15. The quantitative estimate of drug-likeness (QED) is 0.503. The fourth-order valence-corrected chi connectivity index (χ4v) is 3.22. The first kappa shape index (κ1) is 13.3. The van der Waals surface area contributed by atoms with Crippen LogP contribution in [0.2, 0.25) is 0 Å². The lowest BCUT2D eigenvalue weighted by atomic mass is 10.1. The summed E-state index contributed by atoms with van der Waals surface area (Å²) in [5.41, 5.74) is 2.37. The third-order valence-corrected chi connectivity index (χ3v) is 4.32. The third-order valence-electron chi connectivity index (χ3n) is 2.46. The molecule has 0 saturated heterocycles. The van der Waals surface area contributed by atoms with E-state index in [1.165, 1.54) is 14.7 Å². The van der Waals surface area contributed by atoms with E-state index in [-0.39, 0.29) is 5.38 Å². The Labute approximate surface area is 128 Å². The van der Waals surface area contributed by atoms with Crippen molar-refractivity contribution in [1.29, 1.82) is 0 Å². The molecule has 1 nitrogen and oxygen atoms in total. The molecule has 88 valence electrons. The second-order valence-corrected chi connectivity index (χ2v) is 6.30. The van der Waals surface area contributed by atoms with E-state index in [1.807, 2.05) is 18.2 Å². The van der Waals surface area contributed by atoms with Gasteiger partial charge in [0.1, 0.15) is 0 Å². The standard InChI is InChI=1S/C13H10BrClIN/c14-10-1-2-13(16)11(8-10)12(15)7-9-3-5-17-6-4-9/h1-6,8,12H,7H2. The van der Waals surface area contributed by atoms with E-state index in [1.54, 1.807) is 12.4 Å². The molecular formula is C13H10BrClIN. The maximum atomic E-state index is 6.47. The van der Waals surface area contributed by atoms with Crippen LogP contribution in [-0.4, -0.2) is 4.98 Å². The number of hydrogen-bond donors (Lipinski definition) is 0. The van der Waals surface area contributed by atoms with Gasteiger partial charge in [0, 0.05) is 20.4 Å². The molecule has 2 rings (SSSR count). The molecule has 1 atom stereocenters. The molecule has 0 amide bonds. The molecule has 4 heteroatoms. The van der Waals surface area contributed by atoms with Gasteiger partial charge in [-0.2, -0.15) is 0 Å². The molecule has 1 aromatic carbocycles. The highest BCUT2D eigenvalue weighted by molar-refractivity contribution is 14.1. The van der Waals surface area contributed by atoms with E-state index in [0.29, 0.717) is 0 Å². The lowest BCUT2D eigenvalue weighted by molar-refractivity contribution is 0.909. The van der Waals surface area contributed by atoms with Crippen LogP contribution in [0.25, 0.3) is 0 Å². The van der Waals surface area contributed by atoms with Crippen LogP contribution in [0.15, 0.2) is 47.2 Å². The van der Waals surface area contributed by atoms with Crippen LogP contribution < -0.4 is 0 Å². The zero-order valence-corrected chi connectivity index (χ0v) is 13.4. The van der Waals surface area contributed by atoms with Crippen molar-refractivity contribution in [3.63, 3.8) is 0 Å². The molecule has 17 heavy (non-hydrogen) atoms. The molecule has 0 radical (unpaired) electrons. The molecule has 0 aliphatic carbocycles. The summed E-state index contributed by atoms with van der Waals surface area (Å²) in [6, 6.07) is 10.2. The van der Waals surface area contributed by atoms with Gasteiger partial charge in [-0.15, -0.1) is 11.6 Å². The Morgan fingerprint density at radius 3 is 2.65 bits per heavy atom. The smallest absolute Gasteiger partial charge is 0.0636 e. The van der Waals surface area contributed by atoms with Crippen molar-refractivity contribution in [2.24, 2.45) is 0 Å². The van der Waals surface area contributed by atoms with Gasteiger partial charge in [0.2, 0.25) is 0 Å². The summed E-state index contributed by atoms with van der Waals surface area (Å²) >= 11 is 12.3. The van der Waals surface area contributed by atoms with E-state index in [4.69, 9.17) is 11.6 Å². The Morgan fingerprint density at radius 2 is 1.94 bits per heavy atom. The number of benzene rings is 1. The molecule has 0 spiro atoms. The lowest BCUT2D eigenvalue weighted by Crippen LogP contribution is -1.98. The van der Waals surface area contributed by atoms with Crippen LogP contribution in [0.4, 0.5) is 0 Å². The molecule has 1 unspecified atom stereocenters. The number of nitrogens with zero attached hydrogens (tertiary/aromatic N) is 1. The number of halogens is 3. The number of hydrogen-bond acceptors (Lipinski definition) is 1. The largest absolute Gasteiger partial charge is 0.265 e. The highest BCUT2D eigenvalue weighted by Crippen LogP contribution is 2.30. The second-order valence-electron chi connectivity index (χ2n) is 3.69. The summed E-state index contributed by atoms with van der Waals surface area (Å²) in [7, 11) is 0. The van der Waals surface area contributed by atoms with Gasteiger partial charge < -0.3 is 0 Å². The van der Waals surface area contributed by atoms with Gasteiger partial charge in [0.15, 0.2) is 0 Å². The SMILES string of the molecule is ClC(Cc1ccncc1)c1cc(Br)ccc1I. The Morgan fingerprint density at radius 1 is 1.24 bits per heavy atom. The van der Waals surface area contributed by atoms with Gasteiger partial charge in [-0.3, -0.25) is 4.98 Å². The highest BCUT2D eigenvalue weighted by Gasteiger charge is 2.12. The van der Waals surface area contributed by atoms with Crippen LogP contribution >= 0.6 is 50.1 Å². The minimum atomic E-state index is -0.0122. The van der Waals surface area contributed by atoms with Gasteiger partial charge in [-0.1, -0.05) is 15.9 Å². The lowest BCUT2D eigenvalue weighted by Gasteiger charge is -2.12. The monoisotopic (exact) mass is 421 g/mol. The van der Waals surface area contributed by atoms with E-state index >= 15 is 0 Å². The van der Waals surface area contributed by atoms with Gasteiger partial charge >= 0.3 is 0 Å². The average Bonchev–Trinajstić information content (AvgIpc) is 2.33. The Balaban J connectivity index is 2.20. The fourth-order valence-electron chi connectivity index (χ4n) is 1.59. The van der Waals surface area contributed by atoms with Crippen molar-refractivity contribution in [1.82, 2.24) is 4.98 Å². The van der Waals surface area contributed by atoms with E-state index in [2.05, 4.69) is 55.6 Å². The van der Waals surface area contributed by atoms with Gasteiger partial charge in [0.25, 0.3) is 0 Å². The molecule has 0 saturated carbocycles. The minimum absolute atomic E-state index is 0.0122. The maximum Gasteiger partial charge on any atom is 0.0636 e. The number of pyridine rings is 1. The van der Waals surface area contributed by atoms with Crippen molar-refractivity contribution in [3.05, 3.63) is 61.9 Å². The Kier molecular flexibility index (Phi) is 4.82. The number of alkyl halides is 1. The van der Waals surface area contributed by atoms with Crippen LogP contribution in [0.1, 0.15) is 16.5 Å². The normalized spacial score (nSPS) is 12.4. The molecule has 0 aliphatic heterocycles. The van der Waals surface area contributed by atoms with Crippen molar-refractivity contribution >= 4 is 50.1 Å². The summed E-state index contributed by atoms with van der Waals surface area (Å²) in [6.07, 6.45) is 4.41. The zero-order chi connectivity index (χ0) is 12.3. The third kappa shape index (κ3) is 3.66. The van der Waals surface area contributed by atoms with E-state index < -0.39 is 0 Å².